The number of nitrogens with zero attached hydrogens (tertiary/aromatic N) is 3. The maximum atomic E-state index is 12.8. The summed E-state index contributed by atoms with van der Waals surface area (Å²) in [6.07, 6.45) is 0.217. The van der Waals surface area contributed by atoms with Crippen molar-refractivity contribution in [3.63, 3.8) is 0 Å². The van der Waals surface area contributed by atoms with Crippen molar-refractivity contribution in [2.24, 2.45) is 5.92 Å². The molecule has 1 fully saturated rings. The Labute approximate surface area is 187 Å². The molecule has 1 aliphatic heterocycles. The number of anilines is 1. The van der Waals surface area contributed by atoms with Gasteiger partial charge in [-0.05, 0) is 56.7 Å². The number of rotatable bonds is 6. The molecule has 0 spiro atoms. The largest absolute Gasteiger partial charge is 0.424 e. The van der Waals surface area contributed by atoms with Gasteiger partial charge in [-0.1, -0.05) is 30.3 Å². The summed E-state index contributed by atoms with van der Waals surface area (Å²) in [5.41, 5.74) is 3.37. The van der Waals surface area contributed by atoms with Gasteiger partial charge in [-0.25, -0.2) is 9.97 Å². The molecule has 1 saturated heterocycles. The van der Waals surface area contributed by atoms with Crippen molar-refractivity contribution in [2.45, 2.75) is 33.2 Å². The van der Waals surface area contributed by atoms with E-state index in [0.717, 1.165) is 17.0 Å². The van der Waals surface area contributed by atoms with E-state index in [1.54, 1.807) is 29.2 Å². The number of hydrogen-bond acceptors (Lipinski definition) is 5. The van der Waals surface area contributed by atoms with Gasteiger partial charge in [-0.15, -0.1) is 0 Å². The van der Waals surface area contributed by atoms with Gasteiger partial charge in [0.15, 0.2) is 0 Å². The van der Waals surface area contributed by atoms with Crippen LogP contribution < -0.4 is 10.1 Å². The fraction of sp³-hybridized carbons (Fsp3) is 0.280. The van der Waals surface area contributed by atoms with E-state index in [9.17, 15) is 9.59 Å². The molecule has 0 radical (unpaired) electrons. The predicted molar refractivity (Wildman–Crippen MR) is 121 cm³/mol. The van der Waals surface area contributed by atoms with E-state index in [0.29, 0.717) is 18.0 Å². The number of benzene rings is 2. The van der Waals surface area contributed by atoms with Crippen LogP contribution in [-0.2, 0) is 9.59 Å². The minimum Gasteiger partial charge on any atom is -0.424 e. The van der Waals surface area contributed by atoms with E-state index in [1.807, 2.05) is 57.2 Å². The number of aryl methyl sites for hydroxylation is 2. The zero-order valence-electron chi connectivity index (χ0n) is 18.4. The van der Waals surface area contributed by atoms with Gasteiger partial charge in [0.25, 0.3) is 0 Å². The third-order valence-corrected chi connectivity index (χ3v) is 5.57. The molecule has 0 aliphatic carbocycles. The number of aromatic nitrogens is 2. The van der Waals surface area contributed by atoms with Gasteiger partial charge >= 0.3 is 6.01 Å². The summed E-state index contributed by atoms with van der Waals surface area (Å²) >= 11 is 0. The van der Waals surface area contributed by atoms with Gasteiger partial charge < -0.3 is 15.0 Å². The zero-order chi connectivity index (χ0) is 22.7. The fourth-order valence-corrected chi connectivity index (χ4v) is 3.89. The maximum absolute atomic E-state index is 12.8. The number of nitrogens with one attached hydrogen (secondary N) is 1. The summed E-state index contributed by atoms with van der Waals surface area (Å²) in [6, 6.07) is 19.0. The molecular weight excluding hydrogens is 404 g/mol. The van der Waals surface area contributed by atoms with Crippen LogP contribution in [-0.4, -0.2) is 33.2 Å². The summed E-state index contributed by atoms with van der Waals surface area (Å²) in [6.45, 7) is 6.17. The second-order valence-electron chi connectivity index (χ2n) is 8.08. The lowest BCUT2D eigenvalue weighted by molar-refractivity contribution is -0.129. The Morgan fingerprint density at radius 3 is 2.38 bits per heavy atom. The number of carbonyl (C=O) groups excluding carboxylic acids is 2. The Hall–Kier alpha value is -3.74. The van der Waals surface area contributed by atoms with Gasteiger partial charge in [0, 0.05) is 30.0 Å². The van der Waals surface area contributed by atoms with Crippen LogP contribution in [0.25, 0.3) is 0 Å². The van der Waals surface area contributed by atoms with Crippen LogP contribution in [0.3, 0.4) is 0 Å². The first kappa shape index (κ1) is 21.5. The third-order valence-electron chi connectivity index (χ3n) is 5.57. The molecule has 2 unspecified atom stereocenters. The molecule has 3 aromatic rings. The minimum atomic E-state index is -0.381. The van der Waals surface area contributed by atoms with Gasteiger partial charge in [0.1, 0.15) is 5.75 Å². The Balaban J connectivity index is 1.36. The van der Waals surface area contributed by atoms with Crippen molar-refractivity contribution in [3.8, 4) is 11.8 Å². The molecule has 0 saturated carbocycles. The summed E-state index contributed by atoms with van der Waals surface area (Å²) in [5.74, 6) is 0.0336. The monoisotopic (exact) mass is 430 g/mol. The first-order valence-corrected chi connectivity index (χ1v) is 10.6. The minimum absolute atomic E-state index is 0.00120. The van der Waals surface area contributed by atoms with Crippen LogP contribution in [0.1, 0.15) is 36.3 Å². The molecule has 7 nitrogen and oxygen atoms in total. The van der Waals surface area contributed by atoms with E-state index in [1.165, 1.54) is 0 Å². The molecule has 1 N–H and O–H groups in total. The lowest BCUT2D eigenvalue weighted by Gasteiger charge is -2.25. The average Bonchev–Trinajstić information content (AvgIpc) is 3.16. The summed E-state index contributed by atoms with van der Waals surface area (Å²) < 4.78 is 5.71. The molecule has 4 rings (SSSR count). The number of hydrogen-bond donors (Lipinski definition) is 1. The SMILES string of the molecule is Cc1cc(C)nc(Oc2ccc(NC(=O)C3CC(=O)N(C(C)c4ccccc4)C3)cc2)n1. The second kappa shape index (κ2) is 9.18. The molecule has 2 atom stereocenters. The average molecular weight is 431 g/mol. The zero-order valence-corrected chi connectivity index (χ0v) is 18.4. The van der Waals surface area contributed by atoms with Crippen LogP contribution >= 0.6 is 0 Å². The summed E-state index contributed by atoms with van der Waals surface area (Å²) in [7, 11) is 0. The highest BCUT2D eigenvalue weighted by atomic mass is 16.5. The standard InChI is InChI=1S/C25H26N4O3/c1-16-13-17(2)27-25(26-16)32-22-11-9-21(10-12-22)28-24(31)20-14-23(30)29(15-20)18(3)19-7-5-4-6-8-19/h4-13,18,20H,14-15H2,1-3H3,(H,28,31). The van der Waals surface area contributed by atoms with Crippen LogP contribution in [0.15, 0.2) is 60.7 Å². The lowest BCUT2D eigenvalue weighted by atomic mass is 10.1. The first-order chi connectivity index (χ1) is 15.4. The molecule has 1 aromatic heterocycles. The Morgan fingerprint density at radius 1 is 1.06 bits per heavy atom. The van der Waals surface area contributed by atoms with Crippen LogP contribution in [0.2, 0.25) is 0 Å². The molecular formula is C25H26N4O3. The van der Waals surface area contributed by atoms with Crippen molar-refractivity contribution < 1.29 is 14.3 Å². The highest BCUT2D eigenvalue weighted by Gasteiger charge is 2.37. The van der Waals surface area contributed by atoms with E-state index in [-0.39, 0.29) is 36.2 Å². The summed E-state index contributed by atoms with van der Waals surface area (Å²) in [4.78, 5) is 35.6. The van der Waals surface area contributed by atoms with Gasteiger partial charge in [-0.3, -0.25) is 9.59 Å². The molecule has 0 bridgehead atoms. The van der Waals surface area contributed by atoms with E-state index in [4.69, 9.17) is 4.74 Å². The van der Waals surface area contributed by atoms with Gasteiger partial charge in [-0.2, -0.15) is 0 Å². The normalized spacial score (nSPS) is 16.7. The Bertz CT molecular complexity index is 1100. The highest BCUT2D eigenvalue weighted by Crippen LogP contribution is 2.29. The summed E-state index contributed by atoms with van der Waals surface area (Å²) in [5, 5.41) is 2.91. The van der Waals surface area contributed by atoms with Crippen LogP contribution in [0, 0.1) is 19.8 Å². The van der Waals surface area contributed by atoms with E-state index in [2.05, 4.69) is 15.3 Å². The topological polar surface area (TPSA) is 84.4 Å². The maximum Gasteiger partial charge on any atom is 0.322 e. The van der Waals surface area contributed by atoms with Crippen LogP contribution in [0.4, 0.5) is 5.69 Å². The third kappa shape index (κ3) is 4.94. The van der Waals surface area contributed by atoms with Crippen molar-refractivity contribution in [1.29, 1.82) is 0 Å². The number of likely N-dealkylation sites (tertiary alicyclic amines) is 1. The Kier molecular flexibility index (Phi) is 6.16. The van der Waals surface area contributed by atoms with E-state index < -0.39 is 0 Å². The van der Waals surface area contributed by atoms with Crippen LogP contribution in [0.5, 0.6) is 11.8 Å². The first-order valence-electron chi connectivity index (χ1n) is 10.6. The smallest absolute Gasteiger partial charge is 0.322 e. The molecule has 7 heteroatoms. The second-order valence-corrected chi connectivity index (χ2v) is 8.08. The number of amides is 2. The number of carbonyl (C=O) groups is 2. The molecule has 2 heterocycles. The quantitative estimate of drug-likeness (QED) is 0.625. The molecule has 2 amide bonds. The molecule has 164 valence electrons. The molecule has 32 heavy (non-hydrogen) atoms. The predicted octanol–water partition coefficient (Wildman–Crippen LogP) is 4.43. The highest BCUT2D eigenvalue weighted by molar-refractivity contribution is 5.97. The molecule has 2 aromatic carbocycles. The van der Waals surface area contributed by atoms with Gasteiger partial charge in [0.05, 0.1) is 12.0 Å². The lowest BCUT2D eigenvalue weighted by Crippen LogP contribution is -2.30. The molecule has 1 aliphatic rings. The van der Waals surface area contributed by atoms with Crippen molar-refractivity contribution in [3.05, 3.63) is 77.6 Å². The van der Waals surface area contributed by atoms with Crippen molar-refractivity contribution >= 4 is 17.5 Å². The Morgan fingerprint density at radius 2 is 1.72 bits per heavy atom. The van der Waals surface area contributed by atoms with Crippen molar-refractivity contribution in [2.75, 3.05) is 11.9 Å². The van der Waals surface area contributed by atoms with Gasteiger partial charge in [0.2, 0.25) is 11.8 Å². The fourth-order valence-electron chi connectivity index (χ4n) is 3.89. The van der Waals surface area contributed by atoms with E-state index >= 15 is 0 Å². The number of ether oxygens (including phenoxy) is 1. The van der Waals surface area contributed by atoms with Crippen molar-refractivity contribution in [1.82, 2.24) is 14.9 Å².